The monoisotopic (exact) mass is 376 g/mol. The lowest BCUT2D eigenvalue weighted by Gasteiger charge is -2.14. The third-order valence-corrected chi connectivity index (χ3v) is 4.32. The van der Waals surface area contributed by atoms with Crippen molar-refractivity contribution >= 4 is 11.6 Å². The van der Waals surface area contributed by atoms with Crippen molar-refractivity contribution in [1.29, 1.82) is 0 Å². The first-order chi connectivity index (χ1) is 13.7. The van der Waals surface area contributed by atoms with Gasteiger partial charge in [-0.25, -0.2) is 4.98 Å². The largest absolute Gasteiger partial charge is 0.484 e. The maximum Gasteiger partial charge on any atom is 0.262 e. The van der Waals surface area contributed by atoms with Gasteiger partial charge in [0.1, 0.15) is 11.5 Å². The lowest BCUT2D eigenvalue weighted by Crippen LogP contribution is -2.21. The van der Waals surface area contributed by atoms with Crippen molar-refractivity contribution in [3.05, 3.63) is 78.0 Å². The summed E-state index contributed by atoms with van der Waals surface area (Å²) in [5.74, 6) is 1.60. The van der Waals surface area contributed by atoms with Crippen LogP contribution in [0.1, 0.15) is 25.0 Å². The molecule has 1 heterocycles. The number of aromatic nitrogens is 1. The molecule has 0 aliphatic carbocycles. The number of hydrogen-bond acceptors (Lipinski definition) is 4. The Kier molecular flexibility index (Phi) is 6.63. The van der Waals surface area contributed by atoms with Crippen LogP contribution >= 0.6 is 0 Å². The molecule has 3 rings (SSSR count). The summed E-state index contributed by atoms with van der Waals surface area (Å²) in [6.45, 7) is 4.10. The molecule has 5 heteroatoms. The van der Waals surface area contributed by atoms with Gasteiger partial charge in [0.25, 0.3) is 5.91 Å². The maximum absolute atomic E-state index is 12.4. The SMILES string of the molecule is CCc1cccc(CC)c1NC(=O)COc1ccc(Oc2ccccn2)cc1. The van der Waals surface area contributed by atoms with Gasteiger partial charge in [0.05, 0.1) is 0 Å². The second-order valence-electron chi connectivity index (χ2n) is 6.24. The molecule has 1 N–H and O–H groups in total. The van der Waals surface area contributed by atoms with Gasteiger partial charge in [-0.3, -0.25) is 4.79 Å². The lowest BCUT2D eigenvalue weighted by molar-refractivity contribution is -0.118. The Hall–Kier alpha value is -3.34. The molecule has 5 nitrogen and oxygen atoms in total. The minimum atomic E-state index is -0.176. The Morgan fingerprint density at radius 2 is 1.57 bits per heavy atom. The van der Waals surface area contributed by atoms with E-state index in [4.69, 9.17) is 9.47 Å². The van der Waals surface area contributed by atoms with Gasteiger partial charge in [0.2, 0.25) is 5.88 Å². The number of hydrogen-bond donors (Lipinski definition) is 1. The Morgan fingerprint density at radius 1 is 0.893 bits per heavy atom. The Morgan fingerprint density at radius 3 is 2.18 bits per heavy atom. The summed E-state index contributed by atoms with van der Waals surface area (Å²) < 4.78 is 11.3. The van der Waals surface area contributed by atoms with Gasteiger partial charge in [-0.15, -0.1) is 0 Å². The average molecular weight is 376 g/mol. The number of anilines is 1. The number of aryl methyl sites for hydroxylation is 2. The molecule has 0 spiro atoms. The van der Waals surface area contributed by atoms with Crippen LogP contribution in [0.5, 0.6) is 17.4 Å². The zero-order valence-electron chi connectivity index (χ0n) is 16.1. The van der Waals surface area contributed by atoms with E-state index < -0.39 is 0 Å². The van der Waals surface area contributed by atoms with E-state index >= 15 is 0 Å². The van der Waals surface area contributed by atoms with E-state index in [2.05, 4.69) is 24.1 Å². The van der Waals surface area contributed by atoms with Crippen molar-refractivity contribution in [2.75, 3.05) is 11.9 Å². The molecule has 28 heavy (non-hydrogen) atoms. The maximum atomic E-state index is 12.4. The fourth-order valence-corrected chi connectivity index (χ4v) is 2.86. The average Bonchev–Trinajstić information content (AvgIpc) is 2.74. The molecule has 1 aromatic heterocycles. The fraction of sp³-hybridized carbons (Fsp3) is 0.217. The van der Waals surface area contributed by atoms with Gasteiger partial charge in [0, 0.05) is 18.0 Å². The fourth-order valence-electron chi connectivity index (χ4n) is 2.86. The summed E-state index contributed by atoms with van der Waals surface area (Å²) in [6, 6.07) is 18.7. The van der Waals surface area contributed by atoms with Crippen LogP contribution in [0.2, 0.25) is 0 Å². The highest BCUT2D eigenvalue weighted by atomic mass is 16.5. The van der Waals surface area contributed by atoms with Gasteiger partial charge in [-0.1, -0.05) is 38.1 Å². The van der Waals surface area contributed by atoms with Crippen LogP contribution in [-0.4, -0.2) is 17.5 Å². The number of amides is 1. The smallest absolute Gasteiger partial charge is 0.262 e. The van der Waals surface area contributed by atoms with Crippen LogP contribution in [-0.2, 0) is 17.6 Å². The van der Waals surface area contributed by atoms with E-state index in [-0.39, 0.29) is 12.5 Å². The zero-order chi connectivity index (χ0) is 19.8. The molecule has 0 atom stereocenters. The molecule has 0 aliphatic heterocycles. The second-order valence-corrected chi connectivity index (χ2v) is 6.24. The van der Waals surface area contributed by atoms with E-state index in [1.165, 1.54) is 0 Å². The third kappa shape index (κ3) is 5.10. The highest BCUT2D eigenvalue weighted by Gasteiger charge is 2.10. The van der Waals surface area contributed by atoms with Crippen LogP contribution in [0.25, 0.3) is 0 Å². The van der Waals surface area contributed by atoms with Gasteiger partial charge >= 0.3 is 0 Å². The molecular formula is C23H24N2O3. The molecule has 0 bridgehead atoms. The number of pyridine rings is 1. The predicted octanol–water partition coefficient (Wildman–Crippen LogP) is 5.02. The first kappa shape index (κ1) is 19.4. The molecular weight excluding hydrogens is 352 g/mol. The van der Waals surface area contributed by atoms with Crippen molar-refractivity contribution in [1.82, 2.24) is 4.98 Å². The van der Waals surface area contributed by atoms with E-state index in [1.54, 1.807) is 36.5 Å². The molecule has 144 valence electrons. The number of nitrogens with one attached hydrogen (secondary N) is 1. The first-order valence-electron chi connectivity index (χ1n) is 9.42. The third-order valence-electron chi connectivity index (χ3n) is 4.32. The quantitative estimate of drug-likeness (QED) is 0.600. The van der Waals surface area contributed by atoms with Gasteiger partial charge in [-0.2, -0.15) is 0 Å². The summed E-state index contributed by atoms with van der Waals surface area (Å²) in [5, 5.41) is 3.00. The van der Waals surface area contributed by atoms with Gasteiger partial charge in [0.15, 0.2) is 6.61 Å². The van der Waals surface area contributed by atoms with Crippen molar-refractivity contribution in [2.24, 2.45) is 0 Å². The second kappa shape index (κ2) is 9.55. The van der Waals surface area contributed by atoms with Gasteiger partial charge < -0.3 is 14.8 Å². The number of carbonyl (C=O) groups excluding carboxylic acids is 1. The summed E-state index contributed by atoms with van der Waals surface area (Å²) in [6.07, 6.45) is 3.40. The lowest BCUT2D eigenvalue weighted by atomic mass is 10.0. The number of nitrogens with zero attached hydrogens (tertiary/aromatic N) is 1. The summed E-state index contributed by atoms with van der Waals surface area (Å²) in [7, 11) is 0. The van der Waals surface area contributed by atoms with Crippen molar-refractivity contribution in [2.45, 2.75) is 26.7 Å². The van der Waals surface area contributed by atoms with E-state index in [0.717, 1.165) is 29.7 Å². The van der Waals surface area contributed by atoms with Crippen LogP contribution < -0.4 is 14.8 Å². The Balaban J connectivity index is 1.56. The standard InChI is InChI=1S/C23H24N2O3/c1-3-17-8-7-9-18(4-2)23(17)25-21(26)16-27-19-11-13-20(14-12-19)28-22-10-5-6-15-24-22/h5-15H,3-4,16H2,1-2H3,(H,25,26). The van der Waals surface area contributed by atoms with E-state index in [9.17, 15) is 4.79 Å². The van der Waals surface area contributed by atoms with Gasteiger partial charge in [-0.05, 0) is 54.3 Å². The molecule has 2 aromatic carbocycles. The molecule has 0 radical (unpaired) electrons. The minimum absolute atomic E-state index is 0.0539. The minimum Gasteiger partial charge on any atom is -0.484 e. The van der Waals surface area contributed by atoms with Crippen LogP contribution in [0.15, 0.2) is 66.9 Å². The Labute approximate surface area is 165 Å². The summed E-state index contributed by atoms with van der Waals surface area (Å²) >= 11 is 0. The van der Waals surface area contributed by atoms with Crippen LogP contribution in [0.3, 0.4) is 0 Å². The van der Waals surface area contributed by atoms with Crippen molar-refractivity contribution in [3.8, 4) is 17.4 Å². The normalized spacial score (nSPS) is 10.4. The molecule has 0 unspecified atom stereocenters. The highest BCUT2D eigenvalue weighted by Crippen LogP contribution is 2.24. The molecule has 0 aliphatic rings. The number of rotatable bonds is 8. The number of para-hydroxylation sites is 1. The Bertz CT molecular complexity index is 887. The highest BCUT2D eigenvalue weighted by molar-refractivity contribution is 5.93. The molecule has 0 fully saturated rings. The van der Waals surface area contributed by atoms with E-state index in [1.807, 2.05) is 30.3 Å². The first-order valence-corrected chi connectivity index (χ1v) is 9.42. The van der Waals surface area contributed by atoms with Crippen molar-refractivity contribution in [3.63, 3.8) is 0 Å². The molecule has 1 amide bonds. The molecule has 0 saturated heterocycles. The predicted molar refractivity (Wildman–Crippen MR) is 110 cm³/mol. The number of carbonyl (C=O) groups is 1. The van der Waals surface area contributed by atoms with Crippen molar-refractivity contribution < 1.29 is 14.3 Å². The van der Waals surface area contributed by atoms with E-state index in [0.29, 0.717) is 17.4 Å². The summed E-state index contributed by atoms with van der Waals surface area (Å²) in [4.78, 5) is 16.5. The number of benzene rings is 2. The number of ether oxygens (including phenoxy) is 2. The molecule has 0 saturated carbocycles. The topological polar surface area (TPSA) is 60.5 Å². The van der Waals surface area contributed by atoms with Crippen LogP contribution in [0, 0.1) is 0 Å². The zero-order valence-corrected chi connectivity index (χ0v) is 16.1. The molecule has 3 aromatic rings. The van der Waals surface area contributed by atoms with Crippen LogP contribution in [0.4, 0.5) is 5.69 Å². The summed E-state index contributed by atoms with van der Waals surface area (Å²) in [5.41, 5.74) is 3.16.